The van der Waals surface area contributed by atoms with Crippen molar-refractivity contribution in [3.8, 4) is 5.75 Å². The van der Waals surface area contributed by atoms with Crippen LogP contribution in [0.15, 0.2) is 18.2 Å². The zero-order chi connectivity index (χ0) is 9.26. The molecule has 1 saturated carbocycles. The first-order chi connectivity index (χ1) is 6.28. The van der Waals surface area contributed by atoms with Gasteiger partial charge >= 0.3 is 0 Å². The lowest BCUT2D eigenvalue weighted by molar-refractivity contribution is 0.112. The van der Waals surface area contributed by atoms with E-state index in [-0.39, 0.29) is 0 Å². The highest BCUT2D eigenvalue weighted by atomic mass is 127. The van der Waals surface area contributed by atoms with Crippen molar-refractivity contribution in [3.05, 3.63) is 27.3 Å². The van der Waals surface area contributed by atoms with Crippen LogP contribution in [-0.2, 0) is 0 Å². The fourth-order valence-electron chi connectivity index (χ4n) is 1.10. The zero-order valence-corrected chi connectivity index (χ0v) is 9.15. The fraction of sp³-hybridized carbons (Fsp3) is 0.300. The third-order valence-electron chi connectivity index (χ3n) is 1.86. The number of hydrogen-bond acceptors (Lipinski definition) is 2. The normalized spacial score (nSPS) is 15.5. The standard InChI is InChI=1S/C10H9IO2/c11-8-3-7(6-12)4-10(5-8)13-9-1-2-9/h3-6,9H,1-2H2. The number of benzene rings is 1. The van der Waals surface area contributed by atoms with Gasteiger partial charge in [-0.1, -0.05) is 0 Å². The van der Waals surface area contributed by atoms with Crippen molar-refractivity contribution in [1.29, 1.82) is 0 Å². The molecular formula is C10H9IO2. The van der Waals surface area contributed by atoms with Gasteiger partial charge < -0.3 is 4.74 Å². The van der Waals surface area contributed by atoms with Gasteiger partial charge in [-0.05, 0) is 53.6 Å². The summed E-state index contributed by atoms with van der Waals surface area (Å²) in [5.41, 5.74) is 0.683. The second-order valence-electron chi connectivity index (χ2n) is 3.16. The summed E-state index contributed by atoms with van der Waals surface area (Å²) in [6, 6.07) is 5.58. The summed E-state index contributed by atoms with van der Waals surface area (Å²) in [7, 11) is 0. The van der Waals surface area contributed by atoms with Crippen molar-refractivity contribution < 1.29 is 9.53 Å². The molecule has 0 N–H and O–H groups in total. The van der Waals surface area contributed by atoms with E-state index in [4.69, 9.17) is 4.74 Å². The molecule has 0 aromatic heterocycles. The number of aldehydes is 1. The van der Waals surface area contributed by atoms with E-state index in [9.17, 15) is 4.79 Å². The van der Waals surface area contributed by atoms with E-state index >= 15 is 0 Å². The molecule has 2 nitrogen and oxygen atoms in total. The Labute approximate surface area is 90.4 Å². The zero-order valence-electron chi connectivity index (χ0n) is 7.00. The fourth-order valence-corrected chi connectivity index (χ4v) is 1.77. The largest absolute Gasteiger partial charge is 0.490 e. The van der Waals surface area contributed by atoms with E-state index in [2.05, 4.69) is 22.6 Å². The van der Waals surface area contributed by atoms with Crippen LogP contribution >= 0.6 is 22.6 Å². The Morgan fingerprint density at radius 1 is 1.38 bits per heavy atom. The molecule has 3 heteroatoms. The molecule has 0 bridgehead atoms. The summed E-state index contributed by atoms with van der Waals surface area (Å²) >= 11 is 2.18. The number of ether oxygens (including phenoxy) is 1. The molecule has 0 spiro atoms. The van der Waals surface area contributed by atoms with Crippen molar-refractivity contribution in [2.75, 3.05) is 0 Å². The molecular weight excluding hydrogens is 279 g/mol. The minimum Gasteiger partial charge on any atom is -0.490 e. The van der Waals surface area contributed by atoms with Gasteiger partial charge in [-0.25, -0.2) is 0 Å². The molecule has 13 heavy (non-hydrogen) atoms. The lowest BCUT2D eigenvalue weighted by Crippen LogP contribution is -1.97. The lowest BCUT2D eigenvalue weighted by atomic mass is 10.2. The monoisotopic (exact) mass is 288 g/mol. The number of hydrogen-bond donors (Lipinski definition) is 0. The molecule has 68 valence electrons. The van der Waals surface area contributed by atoms with Gasteiger partial charge in [-0.2, -0.15) is 0 Å². The lowest BCUT2D eigenvalue weighted by Gasteiger charge is -2.04. The van der Waals surface area contributed by atoms with Gasteiger partial charge in [0, 0.05) is 9.13 Å². The van der Waals surface area contributed by atoms with Gasteiger partial charge in [0.2, 0.25) is 0 Å². The van der Waals surface area contributed by atoms with Crippen LogP contribution in [0.25, 0.3) is 0 Å². The van der Waals surface area contributed by atoms with E-state index in [0.717, 1.165) is 28.4 Å². The molecule has 2 rings (SSSR count). The molecule has 0 atom stereocenters. The molecule has 0 aliphatic heterocycles. The predicted octanol–water partition coefficient (Wildman–Crippen LogP) is 2.64. The Kier molecular flexibility index (Phi) is 2.53. The first-order valence-electron chi connectivity index (χ1n) is 4.20. The summed E-state index contributed by atoms with van der Waals surface area (Å²) in [5, 5.41) is 0. The number of rotatable bonds is 3. The quantitative estimate of drug-likeness (QED) is 0.631. The van der Waals surface area contributed by atoms with Crippen LogP contribution < -0.4 is 4.74 Å². The molecule has 0 saturated heterocycles. The van der Waals surface area contributed by atoms with E-state index in [0.29, 0.717) is 11.7 Å². The molecule has 0 unspecified atom stereocenters. The van der Waals surface area contributed by atoms with Crippen molar-refractivity contribution in [3.63, 3.8) is 0 Å². The van der Waals surface area contributed by atoms with Crippen molar-refractivity contribution in [1.82, 2.24) is 0 Å². The Hall–Kier alpha value is -0.580. The number of carbonyl (C=O) groups is 1. The Morgan fingerprint density at radius 3 is 2.77 bits per heavy atom. The average Bonchev–Trinajstić information content (AvgIpc) is 2.87. The Morgan fingerprint density at radius 2 is 2.15 bits per heavy atom. The number of halogens is 1. The Balaban J connectivity index is 2.22. The maximum absolute atomic E-state index is 10.6. The van der Waals surface area contributed by atoms with Crippen LogP contribution in [-0.4, -0.2) is 12.4 Å². The van der Waals surface area contributed by atoms with Crippen LogP contribution in [0.1, 0.15) is 23.2 Å². The van der Waals surface area contributed by atoms with Crippen molar-refractivity contribution >= 4 is 28.9 Å². The van der Waals surface area contributed by atoms with Crippen LogP contribution in [0.2, 0.25) is 0 Å². The average molecular weight is 288 g/mol. The van der Waals surface area contributed by atoms with E-state index < -0.39 is 0 Å². The first-order valence-corrected chi connectivity index (χ1v) is 5.28. The van der Waals surface area contributed by atoms with Gasteiger partial charge in [-0.3, -0.25) is 4.79 Å². The summed E-state index contributed by atoms with van der Waals surface area (Å²) in [6.07, 6.45) is 3.52. The van der Waals surface area contributed by atoms with E-state index in [1.807, 2.05) is 12.1 Å². The van der Waals surface area contributed by atoms with Crippen molar-refractivity contribution in [2.24, 2.45) is 0 Å². The predicted molar refractivity (Wildman–Crippen MR) is 58.2 cm³/mol. The van der Waals surface area contributed by atoms with Crippen LogP contribution in [0.4, 0.5) is 0 Å². The smallest absolute Gasteiger partial charge is 0.150 e. The number of carbonyl (C=O) groups excluding carboxylic acids is 1. The highest BCUT2D eigenvalue weighted by Crippen LogP contribution is 2.28. The summed E-state index contributed by atoms with van der Waals surface area (Å²) in [5.74, 6) is 0.816. The van der Waals surface area contributed by atoms with Gasteiger partial charge in [-0.15, -0.1) is 0 Å². The molecule has 0 amide bonds. The second kappa shape index (κ2) is 3.65. The molecule has 1 aromatic carbocycles. The maximum atomic E-state index is 10.6. The molecule has 0 heterocycles. The molecule has 1 fully saturated rings. The minimum atomic E-state index is 0.387. The minimum absolute atomic E-state index is 0.387. The highest BCUT2D eigenvalue weighted by molar-refractivity contribution is 14.1. The first kappa shape index (κ1) is 8.99. The third kappa shape index (κ3) is 2.43. The van der Waals surface area contributed by atoms with E-state index in [1.54, 1.807) is 6.07 Å². The third-order valence-corrected chi connectivity index (χ3v) is 2.48. The summed E-state index contributed by atoms with van der Waals surface area (Å²) in [6.45, 7) is 0. The summed E-state index contributed by atoms with van der Waals surface area (Å²) in [4.78, 5) is 10.6. The topological polar surface area (TPSA) is 26.3 Å². The van der Waals surface area contributed by atoms with Crippen molar-refractivity contribution in [2.45, 2.75) is 18.9 Å². The SMILES string of the molecule is O=Cc1cc(I)cc(OC2CC2)c1. The second-order valence-corrected chi connectivity index (χ2v) is 4.40. The summed E-state index contributed by atoms with van der Waals surface area (Å²) < 4.78 is 6.62. The van der Waals surface area contributed by atoms with Gasteiger partial charge in [0.25, 0.3) is 0 Å². The van der Waals surface area contributed by atoms with Crippen LogP contribution in [0.5, 0.6) is 5.75 Å². The van der Waals surface area contributed by atoms with Crippen LogP contribution in [0.3, 0.4) is 0 Å². The Bertz CT molecular complexity index is 332. The van der Waals surface area contributed by atoms with E-state index in [1.165, 1.54) is 0 Å². The molecule has 1 aliphatic carbocycles. The van der Waals surface area contributed by atoms with Gasteiger partial charge in [0.05, 0.1) is 6.10 Å². The maximum Gasteiger partial charge on any atom is 0.150 e. The van der Waals surface area contributed by atoms with Gasteiger partial charge in [0.1, 0.15) is 12.0 Å². The molecule has 0 radical (unpaired) electrons. The highest BCUT2D eigenvalue weighted by Gasteiger charge is 2.23. The molecule has 1 aliphatic rings. The van der Waals surface area contributed by atoms with Gasteiger partial charge in [0.15, 0.2) is 0 Å². The molecule has 1 aromatic rings. The van der Waals surface area contributed by atoms with Crippen LogP contribution in [0, 0.1) is 3.57 Å².